The van der Waals surface area contributed by atoms with E-state index in [4.69, 9.17) is 39.5 Å². The summed E-state index contributed by atoms with van der Waals surface area (Å²) < 4.78 is 46.0. The third-order valence-electron chi connectivity index (χ3n) is 11.5. The van der Waals surface area contributed by atoms with Crippen molar-refractivity contribution in [3.8, 4) is 11.5 Å². The summed E-state index contributed by atoms with van der Waals surface area (Å²) in [5.41, 5.74) is 2.04. The lowest BCUT2D eigenvalue weighted by atomic mass is 9.49. The molecule has 6 unspecified atom stereocenters. The number of aromatic hydroxyl groups is 1. The second-order valence-electron chi connectivity index (χ2n) is 14.3. The number of hydrazine groups is 1. The number of carbonyl (C=O) groups excluding carboxylic acids is 4. The number of methoxy groups -OCH3 is 1. The summed E-state index contributed by atoms with van der Waals surface area (Å²) in [6.07, 6.45) is -0.754. The number of imide groups is 2. The fourth-order valence-corrected chi connectivity index (χ4v) is 9.64. The number of alkyl halides is 3. The van der Waals surface area contributed by atoms with Crippen LogP contribution in [0.1, 0.15) is 41.0 Å². The van der Waals surface area contributed by atoms with Crippen LogP contribution >= 0.6 is 34.8 Å². The monoisotopic (exact) mass is 836 g/mol. The first-order valence-corrected chi connectivity index (χ1v) is 18.8. The Hall–Kier alpha value is -5.37. The van der Waals surface area contributed by atoms with E-state index in [0.29, 0.717) is 44.7 Å². The Morgan fingerprint density at radius 3 is 2.28 bits per heavy atom. The molecule has 4 amide bonds. The van der Waals surface area contributed by atoms with Crippen LogP contribution in [-0.4, -0.2) is 45.8 Å². The van der Waals surface area contributed by atoms with Crippen LogP contribution in [0.4, 0.5) is 24.7 Å². The lowest BCUT2D eigenvalue weighted by Crippen LogP contribution is -2.53. The highest BCUT2D eigenvalue weighted by Crippen LogP contribution is 2.65. The zero-order valence-corrected chi connectivity index (χ0v) is 32.0. The second-order valence-corrected chi connectivity index (χ2v) is 15.5. The molecule has 0 spiro atoms. The number of allylic oxidation sites excluding steroid dienone is 2. The molecule has 3 aromatic carbocycles. The Kier molecular flexibility index (Phi) is 9.41. The van der Waals surface area contributed by atoms with Crippen molar-refractivity contribution in [2.45, 2.75) is 30.4 Å². The van der Waals surface area contributed by atoms with Crippen molar-refractivity contribution in [3.05, 3.63) is 128 Å². The summed E-state index contributed by atoms with van der Waals surface area (Å²) in [6.45, 7) is 3.76. The van der Waals surface area contributed by atoms with Gasteiger partial charge in [0, 0.05) is 17.1 Å². The molecule has 1 saturated carbocycles. The number of rotatable bonds is 7. The van der Waals surface area contributed by atoms with Crippen molar-refractivity contribution in [2.75, 3.05) is 17.4 Å². The minimum absolute atomic E-state index is 0.0366. The van der Waals surface area contributed by atoms with Gasteiger partial charge in [0.1, 0.15) is 0 Å². The predicted molar refractivity (Wildman–Crippen MR) is 206 cm³/mol. The average Bonchev–Trinajstić information content (AvgIpc) is 3.57. The van der Waals surface area contributed by atoms with Crippen molar-refractivity contribution >= 4 is 76.0 Å². The smallest absolute Gasteiger partial charge is 0.417 e. The number of phenols is 1. The highest BCUT2D eigenvalue weighted by molar-refractivity contribution is 6.33. The largest absolute Gasteiger partial charge is 0.503 e. The third kappa shape index (κ3) is 5.89. The number of halogens is 6. The van der Waals surface area contributed by atoms with Crippen molar-refractivity contribution in [2.24, 2.45) is 23.7 Å². The fourth-order valence-electron chi connectivity index (χ4n) is 9.09. The van der Waals surface area contributed by atoms with Crippen LogP contribution in [0.25, 0.3) is 6.08 Å². The van der Waals surface area contributed by atoms with E-state index in [-0.39, 0.29) is 29.4 Å². The number of pyridine rings is 1. The topological polar surface area (TPSA) is 129 Å². The number of hydrogen-bond donors (Lipinski definition) is 2. The first-order chi connectivity index (χ1) is 27.1. The molecule has 57 heavy (non-hydrogen) atoms. The molecule has 1 aromatic heterocycles. The van der Waals surface area contributed by atoms with Gasteiger partial charge in [0.15, 0.2) is 17.3 Å². The Bertz CT molecular complexity index is 2430. The van der Waals surface area contributed by atoms with Gasteiger partial charge in [0.25, 0.3) is 11.8 Å². The van der Waals surface area contributed by atoms with E-state index < -0.39 is 81.2 Å². The van der Waals surface area contributed by atoms with Gasteiger partial charge in [-0.3, -0.25) is 29.5 Å². The summed E-state index contributed by atoms with van der Waals surface area (Å²) in [6, 6.07) is 16.6. The molecule has 2 saturated heterocycles. The van der Waals surface area contributed by atoms with Crippen molar-refractivity contribution in [1.82, 2.24) is 9.99 Å². The number of phenolic OH excluding ortho intramolecular Hbond substituents is 1. The van der Waals surface area contributed by atoms with Gasteiger partial charge in [-0.2, -0.15) is 18.2 Å². The predicted octanol–water partition coefficient (Wildman–Crippen LogP) is 8.61. The number of carbonyl (C=O) groups is 4. The molecule has 4 aliphatic rings. The molecule has 292 valence electrons. The van der Waals surface area contributed by atoms with Crippen molar-refractivity contribution in [1.29, 1.82) is 0 Å². The number of aromatic nitrogens is 1. The van der Waals surface area contributed by atoms with E-state index in [9.17, 15) is 32.7 Å². The van der Waals surface area contributed by atoms with Gasteiger partial charge in [-0.25, -0.2) is 4.98 Å². The molecule has 0 radical (unpaired) electrons. The standard InChI is InChI=1S/C41H30Cl3F3N4O6/c1-3-19-4-10-24(11-5-19)50-36(53)26-13-12-25-27(32(26)38(50)55)17-28-37(54)51(49-35-30(44)16-22(18-48-35)41(45,46)47)39(56)40(28,21-6-8-23(42)9-7-21)33(25)20-14-29(43)34(52)31(15-20)57-2/h3-12,14-16,18,26-28,32-33,52H,1,13,17H2,2H3,(H,48,49). The lowest BCUT2D eigenvalue weighted by molar-refractivity contribution is -0.139. The summed E-state index contributed by atoms with van der Waals surface area (Å²) in [7, 11) is 1.32. The molecule has 10 nitrogen and oxygen atoms in total. The van der Waals surface area contributed by atoms with Gasteiger partial charge >= 0.3 is 6.18 Å². The van der Waals surface area contributed by atoms with Gasteiger partial charge in [-0.1, -0.05) is 83.4 Å². The van der Waals surface area contributed by atoms with E-state index in [0.717, 1.165) is 10.5 Å². The van der Waals surface area contributed by atoms with E-state index >= 15 is 4.79 Å². The Morgan fingerprint density at radius 1 is 0.947 bits per heavy atom. The zero-order valence-electron chi connectivity index (χ0n) is 29.7. The number of nitrogens with zero attached hydrogens (tertiary/aromatic N) is 3. The molecule has 8 rings (SSSR count). The average molecular weight is 838 g/mol. The number of hydrogen-bond acceptors (Lipinski definition) is 8. The SMILES string of the molecule is C=Cc1ccc(N2C(=O)C3CC=C4C(CC5C(=O)N(Nc6ncc(C(F)(F)F)cc6Cl)C(=O)C5(c5ccc(Cl)cc5)C4c4cc(Cl)c(O)c(OC)c4)C3C2=O)cc1. The molecule has 3 fully saturated rings. The molecule has 16 heteroatoms. The van der Waals surface area contributed by atoms with Gasteiger partial charge in [0.05, 0.1) is 51.6 Å². The van der Waals surface area contributed by atoms with Crippen LogP contribution in [0.15, 0.2) is 91.2 Å². The van der Waals surface area contributed by atoms with Gasteiger partial charge in [-0.05, 0) is 77.9 Å². The number of ether oxygens (including phenoxy) is 1. The number of benzene rings is 3. The van der Waals surface area contributed by atoms with Gasteiger partial charge in [-0.15, -0.1) is 0 Å². The minimum Gasteiger partial charge on any atom is -0.503 e. The highest BCUT2D eigenvalue weighted by atomic mass is 35.5. The third-order valence-corrected chi connectivity index (χ3v) is 12.4. The number of anilines is 2. The molecular weight excluding hydrogens is 808 g/mol. The molecule has 2 aliphatic heterocycles. The molecule has 3 heterocycles. The van der Waals surface area contributed by atoms with Crippen LogP contribution in [-0.2, 0) is 30.8 Å². The number of fused-ring (bicyclic) bond motifs is 4. The quantitative estimate of drug-likeness (QED) is 0.140. The van der Waals surface area contributed by atoms with Gasteiger partial charge < -0.3 is 9.84 Å². The summed E-state index contributed by atoms with van der Waals surface area (Å²) in [5, 5.41) is 11.2. The first-order valence-electron chi connectivity index (χ1n) is 17.6. The van der Waals surface area contributed by atoms with Crippen LogP contribution in [0.2, 0.25) is 15.1 Å². The van der Waals surface area contributed by atoms with E-state index in [2.05, 4.69) is 17.0 Å². The van der Waals surface area contributed by atoms with Crippen molar-refractivity contribution < 1.29 is 42.2 Å². The zero-order chi connectivity index (χ0) is 40.7. The fraction of sp³-hybridized carbons (Fsp3) is 0.244. The molecule has 2 N–H and O–H groups in total. The van der Waals surface area contributed by atoms with Crippen LogP contribution < -0.4 is 15.1 Å². The minimum atomic E-state index is -4.77. The Balaban J connectivity index is 1.32. The van der Waals surface area contributed by atoms with Crippen LogP contribution in [0, 0.1) is 23.7 Å². The molecule has 4 aromatic rings. The number of nitrogens with one attached hydrogen (secondary N) is 1. The second kappa shape index (κ2) is 13.9. The summed E-state index contributed by atoms with van der Waals surface area (Å²) >= 11 is 19.2. The highest BCUT2D eigenvalue weighted by Gasteiger charge is 2.70. The maximum atomic E-state index is 15.4. The maximum Gasteiger partial charge on any atom is 0.417 e. The Labute approximate surface area is 338 Å². The maximum absolute atomic E-state index is 15.4. The number of amides is 4. The van der Waals surface area contributed by atoms with Gasteiger partial charge in [0.2, 0.25) is 11.8 Å². The molecular formula is C41H30Cl3F3N4O6. The molecule has 0 bridgehead atoms. The van der Waals surface area contributed by atoms with Crippen LogP contribution in [0.3, 0.4) is 0 Å². The van der Waals surface area contributed by atoms with E-state index in [1.807, 2.05) is 6.08 Å². The van der Waals surface area contributed by atoms with E-state index in [1.54, 1.807) is 54.6 Å². The summed E-state index contributed by atoms with van der Waals surface area (Å²) in [4.78, 5) is 63.9. The van der Waals surface area contributed by atoms with Crippen LogP contribution in [0.5, 0.6) is 11.5 Å². The van der Waals surface area contributed by atoms with Crippen molar-refractivity contribution in [3.63, 3.8) is 0 Å². The molecule has 2 aliphatic carbocycles. The first kappa shape index (κ1) is 38.5. The normalized spacial score (nSPS) is 25.5. The molecule has 6 atom stereocenters. The lowest BCUT2D eigenvalue weighted by Gasteiger charge is -2.50. The Morgan fingerprint density at radius 2 is 1.65 bits per heavy atom. The summed E-state index contributed by atoms with van der Waals surface area (Å²) in [5.74, 6) is -8.12. The van der Waals surface area contributed by atoms with E-state index in [1.165, 1.54) is 19.2 Å².